The van der Waals surface area contributed by atoms with Gasteiger partial charge in [-0.3, -0.25) is 0 Å². The Labute approximate surface area is 101 Å². The number of carbonyl (C=O) groups excluding carboxylic acids is 1. The second kappa shape index (κ2) is 6.51. The summed E-state index contributed by atoms with van der Waals surface area (Å²) in [6.45, 7) is 2.41. The van der Waals surface area contributed by atoms with Crippen molar-refractivity contribution in [3.05, 3.63) is 29.8 Å². The molecule has 0 radical (unpaired) electrons. The van der Waals surface area contributed by atoms with Gasteiger partial charge in [0.05, 0.1) is 11.6 Å². The van der Waals surface area contributed by atoms with E-state index in [4.69, 9.17) is 11.0 Å². The maximum absolute atomic E-state index is 11.4. The topological polar surface area (TPSA) is 90.9 Å². The van der Waals surface area contributed by atoms with Crippen LogP contribution in [0.3, 0.4) is 0 Å². The minimum Gasteiger partial charge on any atom is -0.336 e. The predicted octanol–water partition coefficient (Wildman–Crippen LogP) is 1.42. The molecule has 2 amide bonds. The molecule has 0 aliphatic heterocycles. The molecule has 17 heavy (non-hydrogen) atoms. The predicted molar refractivity (Wildman–Crippen MR) is 66.4 cm³/mol. The van der Waals surface area contributed by atoms with E-state index in [0.29, 0.717) is 17.8 Å². The number of carbonyl (C=O) groups is 1. The van der Waals surface area contributed by atoms with Crippen LogP contribution in [0.5, 0.6) is 0 Å². The molecule has 1 aromatic carbocycles. The Morgan fingerprint density at radius 1 is 1.47 bits per heavy atom. The van der Waals surface area contributed by atoms with Gasteiger partial charge in [-0.1, -0.05) is 6.92 Å². The van der Waals surface area contributed by atoms with Crippen molar-refractivity contribution in [2.24, 2.45) is 5.73 Å². The zero-order valence-electron chi connectivity index (χ0n) is 9.73. The number of urea groups is 1. The summed E-state index contributed by atoms with van der Waals surface area (Å²) < 4.78 is 0. The monoisotopic (exact) mass is 232 g/mol. The van der Waals surface area contributed by atoms with Gasteiger partial charge < -0.3 is 16.4 Å². The first-order chi connectivity index (χ1) is 8.15. The zero-order valence-corrected chi connectivity index (χ0v) is 9.73. The van der Waals surface area contributed by atoms with Crippen molar-refractivity contribution in [2.45, 2.75) is 19.4 Å². The van der Waals surface area contributed by atoms with E-state index in [1.807, 2.05) is 13.0 Å². The normalized spacial score (nSPS) is 11.4. The number of hydrogen-bond acceptors (Lipinski definition) is 3. The lowest BCUT2D eigenvalue weighted by Gasteiger charge is -2.11. The van der Waals surface area contributed by atoms with Gasteiger partial charge in [-0.25, -0.2) is 4.79 Å². The van der Waals surface area contributed by atoms with Crippen LogP contribution in [0.25, 0.3) is 0 Å². The Kier molecular flexibility index (Phi) is 4.98. The lowest BCUT2D eigenvalue weighted by Crippen LogP contribution is -2.38. The van der Waals surface area contributed by atoms with Crippen LogP contribution in [0.15, 0.2) is 24.3 Å². The van der Waals surface area contributed by atoms with Gasteiger partial charge in [0.15, 0.2) is 0 Å². The summed E-state index contributed by atoms with van der Waals surface area (Å²) >= 11 is 0. The Morgan fingerprint density at radius 2 is 2.12 bits per heavy atom. The molecule has 5 nitrogen and oxygen atoms in total. The lowest BCUT2D eigenvalue weighted by molar-refractivity contribution is 0.251. The Bertz CT molecular complexity index is 408. The highest BCUT2D eigenvalue weighted by atomic mass is 16.2. The minimum atomic E-state index is -0.293. The second-order valence-corrected chi connectivity index (χ2v) is 3.69. The highest BCUT2D eigenvalue weighted by Crippen LogP contribution is 2.08. The molecule has 90 valence electrons. The van der Waals surface area contributed by atoms with Gasteiger partial charge >= 0.3 is 6.03 Å². The fourth-order valence-corrected chi connectivity index (χ4v) is 1.17. The number of rotatable bonds is 4. The van der Waals surface area contributed by atoms with Crippen LogP contribution in [-0.4, -0.2) is 18.6 Å². The third-order valence-electron chi connectivity index (χ3n) is 2.32. The molecule has 0 saturated heterocycles. The van der Waals surface area contributed by atoms with E-state index in [-0.39, 0.29) is 12.1 Å². The molecular weight excluding hydrogens is 216 g/mol. The number of nitrogens with one attached hydrogen (secondary N) is 2. The molecule has 0 fully saturated rings. The van der Waals surface area contributed by atoms with Crippen LogP contribution >= 0.6 is 0 Å². The lowest BCUT2D eigenvalue weighted by atomic mass is 10.2. The summed E-state index contributed by atoms with van der Waals surface area (Å²) in [6.07, 6.45) is 0.817. The molecule has 0 aliphatic carbocycles. The van der Waals surface area contributed by atoms with Gasteiger partial charge in [-0.2, -0.15) is 5.26 Å². The first-order valence-corrected chi connectivity index (χ1v) is 5.46. The van der Waals surface area contributed by atoms with E-state index >= 15 is 0 Å². The standard InChI is InChI=1S/C12H16N4O/c1-2-10(14)8-15-12(17)16-11-5-3-9(7-13)4-6-11/h3-6,10H,2,8,14H2,1H3,(H2,15,16,17). The molecule has 1 rings (SSSR count). The highest BCUT2D eigenvalue weighted by Gasteiger charge is 2.04. The van der Waals surface area contributed by atoms with E-state index in [0.717, 1.165) is 6.42 Å². The number of benzene rings is 1. The average molecular weight is 232 g/mol. The van der Waals surface area contributed by atoms with Crippen LogP contribution in [0, 0.1) is 11.3 Å². The van der Waals surface area contributed by atoms with Gasteiger partial charge in [-0.15, -0.1) is 0 Å². The molecule has 0 heterocycles. The van der Waals surface area contributed by atoms with Gasteiger partial charge in [0.25, 0.3) is 0 Å². The molecule has 5 heteroatoms. The van der Waals surface area contributed by atoms with Crippen molar-refractivity contribution in [1.29, 1.82) is 5.26 Å². The van der Waals surface area contributed by atoms with Crippen molar-refractivity contribution in [3.8, 4) is 6.07 Å². The second-order valence-electron chi connectivity index (χ2n) is 3.69. The molecule has 4 N–H and O–H groups in total. The van der Waals surface area contributed by atoms with E-state index in [1.54, 1.807) is 24.3 Å². The first-order valence-electron chi connectivity index (χ1n) is 5.46. The van der Waals surface area contributed by atoms with Crippen LogP contribution < -0.4 is 16.4 Å². The summed E-state index contributed by atoms with van der Waals surface area (Å²) in [5, 5.41) is 13.9. The number of hydrogen-bond donors (Lipinski definition) is 3. The van der Waals surface area contributed by atoms with Crippen molar-refractivity contribution in [1.82, 2.24) is 5.32 Å². The van der Waals surface area contributed by atoms with Gasteiger partial charge in [0.1, 0.15) is 0 Å². The molecule has 1 atom stereocenters. The fourth-order valence-electron chi connectivity index (χ4n) is 1.17. The van der Waals surface area contributed by atoms with Crippen LogP contribution in [0.4, 0.5) is 10.5 Å². The number of nitriles is 1. The largest absolute Gasteiger partial charge is 0.336 e. The van der Waals surface area contributed by atoms with Crippen LogP contribution in [0.1, 0.15) is 18.9 Å². The Morgan fingerprint density at radius 3 is 2.65 bits per heavy atom. The maximum Gasteiger partial charge on any atom is 0.319 e. The van der Waals surface area contributed by atoms with Crippen molar-refractivity contribution >= 4 is 11.7 Å². The Balaban J connectivity index is 2.43. The highest BCUT2D eigenvalue weighted by molar-refractivity contribution is 5.89. The molecule has 0 aromatic heterocycles. The Hall–Kier alpha value is -2.06. The maximum atomic E-state index is 11.4. The summed E-state index contributed by atoms with van der Waals surface area (Å²) in [5.41, 5.74) is 6.88. The number of nitrogens with zero attached hydrogens (tertiary/aromatic N) is 1. The summed E-state index contributed by atoms with van der Waals surface area (Å²) in [5.74, 6) is 0. The molecular formula is C12H16N4O. The molecule has 0 spiro atoms. The van der Waals surface area contributed by atoms with Gasteiger partial charge in [0, 0.05) is 18.3 Å². The zero-order chi connectivity index (χ0) is 12.7. The van der Waals surface area contributed by atoms with Crippen molar-refractivity contribution < 1.29 is 4.79 Å². The molecule has 1 aromatic rings. The third kappa shape index (κ3) is 4.53. The summed E-state index contributed by atoms with van der Waals surface area (Å²) in [7, 11) is 0. The quantitative estimate of drug-likeness (QED) is 0.733. The van der Waals surface area contributed by atoms with Crippen LogP contribution in [0.2, 0.25) is 0 Å². The smallest absolute Gasteiger partial charge is 0.319 e. The van der Waals surface area contributed by atoms with E-state index in [1.165, 1.54) is 0 Å². The third-order valence-corrected chi connectivity index (χ3v) is 2.32. The van der Waals surface area contributed by atoms with Crippen LogP contribution in [-0.2, 0) is 0 Å². The van der Waals surface area contributed by atoms with Gasteiger partial charge in [0.2, 0.25) is 0 Å². The fraction of sp³-hybridized carbons (Fsp3) is 0.333. The molecule has 0 saturated carbocycles. The van der Waals surface area contributed by atoms with Crippen molar-refractivity contribution in [3.63, 3.8) is 0 Å². The number of anilines is 1. The summed E-state index contributed by atoms with van der Waals surface area (Å²) in [4.78, 5) is 11.4. The molecule has 1 unspecified atom stereocenters. The SMILES string of the molecule is CCC(N)CNC(=O)Nc1ccc(C#N)cc1. The number of amides is 2. The minimum absolute atomic E-state index is 0.0262. The van der Waals surface area contributed by atoms with Crippen molar-refractivity contribution in [2.75, 3.05) is 11.9 Å². The van der Waals surface area contributed by atoms with E-state index in [2.05, 4.69) is 10.6 Å². The van der Waals surface area contributed by atoms with E-state index < -0.39 is 0 Å². The average Bonchev–Trinajstić information content (AvgIpc) is 2.36. The number of nitrogens with two attached hydrogens (primary N) is 1. The van der Waals surface area contributed by atoms with Gasteiger partial charge in [-0.05, 0) is 30.7 Å². The summed E-state index contributed by atoms with van der Waals surface area (Å²) in [6, 6.07) is 8.34. The first kappa shape index (κ1) is 13.0. The van der Waals surface area contributed by atoms with E-state index in [9.17, 15) is 4.79 Å². The molecule has 0 aliphatic rings. The molecule has 0 bridgehead atoms.